The van der Waals surface area contributed by atoms with Gasteiger partial charge in [0.25, 0.3) is 5.91 Å². The molecule has 1 saturated heterocycles. The molecule has 0 saturated carbocycles. The SMILES string of the molecule is COc1cc(Br)c(OC)c(C(=O)N2CCC(C)(O)C2)c1. The molecular formula is C14H18BrNO4. The summed E-state index contributed by atoms with van der Waals surface area (Å²) < 4.78 is 11.1. The Morgan fingerprint density at radius 3 is 2.60 bits per heavy atom. The smallest absolute Gasteiger partial charge is 0.257 e. The minimum absolute atomic E-state index is 0.167. The number of hydrogen-bond donors (Lipinski definition) is 1. The summed E-state index contributed by atoms with van der Waals surface area (Å²) in [5.74, 6) is 0.883. The maximum Gasteiger partial charge on any atom is 0.257 e. The first-order valence-corrected chi connectivity index (χ1v) is 7.10. The van der Waals surface area contributed by atoms with Crippen LogP contribution in [-0.2, 0) is 0 Å². The van der Waals surface area contributed by atoms with Crippen LogP contribution in [0.2, 0.25) is 0 Å². The quantitative estimate of drug-likeness (QED) is 0.912. The molecule has 0 aromatic heterocycles. The Bertz CT molecular complexity index is 530. The highest BCUT2D eigenvalue weighted by Crippen LogP contribution is 2.35. The molecule has 1 aromatic rings. The van der Waals surface area contributed by atoms with Crippen LogP contribution < -0.4 is 9.47 Å². The summed E-state index contributed by atoms with van der Waals surface area (Å²) in [5.41, 5.74) is -0.393. The summed E-state index contributed by atoms with van der Waals surface area (Å²) in [4.78, 5) is 14.2. The average Bonchev–Trinajstić information content (AvgIpc) is 2.77. The van der Waals surface area contributed by atoms with E-state index in [0.29, 0.717) is 41.0 Å². The second kappa shape index (κ2) is 5.61. The van der Waals surface area contributed by atoms with Gasteiger partial charge in [0.05, 0.1) is 29.9 Å². The summed E-state index contributed by atoms with van der Waals surface area (Å²) in [6.45, 7) is 2.59. The molecule has 1 N–H and O–H groups in total. The zero-order valence-corrected chi connectivity index (χ0v) is 13.4. The number of methoxy groups -OCH3 is 2. The molecule has 1 aliphatic rings. The lowest BCUT2D eigenvalue weighted by molar-refractivity contribution is 0.0570. The third-order valence-electron chi connectivity index (χ3n) is 3.43. The van der Waals surface area contributed by atoms with Gasteiger partial charge in [0.2, 0.25) is 0 Å². The van der Waals surface area contributed by atoms with Crippen LogP contribution >= 0.6 is 15.9 Å². The summed E-state index contributed by atoms with van der Waals surface area (Å²) in [6, 6.07) is 3.40. The van der Waals surface area contributed by atoms with Gasteiger partial charge in [-0.15, -0.1) is 0 Å². The zero-order chi connectivity index (χ0) is 14.9. The third-order valence-corrected chi connectivity index (χ3v) is 4.02. The number of halogens is 1. The second-order valence-corrected chi connectivity index (χ2v) is 6.02. The van der Waals surface area contributed by atoms with E-state index in [4.69, 9.17) is 9.47 Å². The van der Waals surface area contributed by atoms with E-state index in [0.717, 1.165) is 0 Å². The number of benzene rings is 1. The van der Waals surface area contributed by atoms with Crippen molar-refractivity contribution in [1.82, 2.24) is 4.90 Å². The molecule has 1 aromatic carbocycles. The van der Waals surface area contributed by atoms with E-state index in [2.05, 4.69) is 15.9 Å². The maximum atomic E-state index is 12.6. The van der Waals surface area contributed by atoms with Crippen molar-refractivity contribution in [3.05, 3.63) is 22.2 Å². The van der Waals surface area contributed by atoms with Crippen molar-refractivity contribution in [2.75, 3.05) is 27.3 Å². The fraction of sp³-hybridized carbons (Fsp3) is 0.500. The normalized spacial score (nSPS) is 21.9. The van der Waals surface area contributed by atoms with Crippen LogP contribution in [0.5, 0.6) is 11.5 Å². The highest BCUT2D eigenvalue weighted by Gasteiger charge is 2.35. The third kappa shape index (κ3) is 2.91. The fourth-order valence-electron chi connectivity index (χ4n) is 2.34. The first-order valence-electron chi connectivity index (χ1n) is 6.31. The predicted octanol–water partition coefficient (Wildman–Crippen LogP) is 2.06. The van der Waals surface area contributed by atoms with Crippen molar-refractivity contribution in [2.24, 2.45) is 0 Å². The molecule has 1 amide bonds. The standard InChI is InChI=1S/C14H18BrNO4/c1-14(18)4-5-16(8-14)13(17)10-6-9(19-2)7-11(15)12(10)20-3/h6-7,18H,4-5,8H2,1-3H3. The van der Waals surface area contributed by atoms with Crippen LogP contribution in [-0.4, -0.2) is 48.8 Å². The van der Waals surface area contributed by atoms with Crippen molar-refractivity contribution in [3.63, 3.8) is 0 Å². The molecule has 1 heterocycles. The molecule has 1 fully saturated rings. The van der Waals surface area contributed by atoms with Crippen LogP contribution in [0.15, 0.2) is 16.6 Å². The van der Waals surface area contributed by atoms with E-state index >= 15 is 0 Å². The molecule has 0 bridgehead atoms. The number of nitrogens with zero attached hydrogens (tertiary/aromatic N) is 1. The van der Waals surface area contributed by atoms with E-state index in [1.165, 1.54) is 7.11 Å². The average molecular weight is 344 g/mol. The number of aliphatic hydroxyl groups is 1. The predicted molar refractivity (Wildman–Crippen MR) is 78.4 cm³/mol. The van der Waals surface area contributed by atoms with Gasteiger partial charge in [-0.1, -0.05) is 0 Å². The second-order valence-electron chi connectivity index (χ2n) is 5.16. The first kappa shape index (κ1) is 15.1. The number of carbonyl (C=O) groups is 1. The van der Waals surface area contributed by atoms with E-state index in [9.17, 15) is 9.90 Å². The number of rotatable bonds is 3. The van der Waals surface area contributed by atoms with Crippen molar-refractivity contribution in [3.8, 4) is 11.5 Å². The van der Waals surface area contributed by atoms with Gasteiger partial charge >= 0.3 is 0 Å². The van der Waals surface area contributed by atoms with E-state index in [1.807, 2.05) is 0 Å². The van der Waals surface area contributed by atoms with Crippen LogP contribution in [0.3, 0.4) is 0 Å². The van der Waals surface area contributed by atoms with E-state index < -0.39 is 5.60 Å². The summed E-state index contributed by atoms with van der Waals surface area (Å²) in [7, 11) is 3.06. The molecule has 20 heavy (non-hydrogen) atoms. The van der Waals surface area contributed by atoms with Gasteiger partial charge < -0.3 is 19.5 Å². The Morgan fingerprint density at radius 1 is 1.40 bits per heavy atom. The van der Waals surface area contributed by atoms with Crippen LogP contribution in [0.25, 0.3) is 0 Å². The molecule has 1 aliphatic heterocycles. The molecule has 0 spiro atoms. The lowest BCUT2D eigenvalue weighted by Crippen LogP contribution is -2.34. The summed E-state index contributed by atoms with van der Waals surface area (Å²) in [5, 5.41) is 9.98. The fourth-order valence-corrected chi connectivity index (χ4v) is 2.94. The Labute approximate surface area is 126 Å². The molecule has 2 rings (SSSR count). The van der Waals surface area contributed by atoms with Gasteiger partial charge in [-0.05, 0) is 41.4 Å². The Balaban J connectivity index is 2.36. The number of carbonyl (C=O) groups excluding carboxylic acids is 1. The highest BCUT2D eigenvalue weighted by atomic mass is 79.9. The van der Waals surface area contributed by atoms with E-state index in [-0.39, 0.29) is 5.91 Å². The van der Waals surface area contributed by atoms with Crippen LogP contribution in [0, 0.1) is 0 Å². The lowest BCUT2D eigenvalue weighted by Gasteiger charge is -2.21. The summed E-state index contributed by atoms with van der Waals surface area (Å²) >= 11 is 3.37. The molecule has 0 aliphatic carbocycles. The van der Waals surface area contributed by atoms with E-state index in [1.54, 1.807) is 31.1 Å². The Hall–Kier alpha value is -1.27. The number of amides is 1. The molecular weight excluding hydrogens is 326 g/mol. The molecule has 6 heteroatoms. The van der Waals surface area contributed by atoms with Gasteiger partial charge in [0.15, 0.2) is 0 Å². The number of ether oxygens (including phenoxy) is 2. The monoisotopic (exact) mass is 343 g/mol. The molecule has 110 valence electrons. The van der Waals surface area contributed by atoms with Crippen molar-refractivity contribution in [1.29, 1.82) is 0 Å². The van der Waals surface area contributed by atoms with Gasteiger partial charge in [-0.3, -0.25) is 4.79 Å². The Morgan fingerprint density at radius 2 is 2.10 bits per heavy atom. The van der Waals surface area contributed by atoms with Crippen LogP contribution in [0.1, 0.15) is 23.7 Å². The topological polar surface area (TPSA) is 59.0 Å². The Kier molecular flexibility index (Phi) is 4.25. The number of likely N-dealkylation sites (tertiary alicyclic amines) is 1. The van der Waals surface area contributed by atoms with Gasteiger partial charge in [0.1, 0.15) is 11.5 Å². The molecule has 1 atom stereocenters. The maximum absolute atomic E-state index is 12.6. The molecule has 5 nitrogen and oxygen atoms in total. The number of β-amino-alcohol motifs (C(OH)–C–C–N with tert-alkyl or cyclic N) is 1. The van der Waals surface area contributed by atoms with Gasteiger partial charge in [-0.25, -0.2) is 0 Å². The summed E-state index contributed by atoms with van der Waals surface area (Å²) in [6.07, 6.45) is 0.576. The van der Waals surface area contributed by atoms with Gasteiger partial charge in [-0.2, -0.15) is 0 Å². The minimum Gasteiger partial charge on any atom is -0.497 e. The van der Waals surface area contributed by atoms with Crippen LogP contribution in [0.4, 0.5) is 0 Å². The van der Waals surface area contributed by atoms with Crippen molar-refractivity contribution >= 4 is 21.8 Å². The molecule has 1 unspecified atom stereocenters. The zero-order valence-electron chi connectivity index (χ0n) is 11.8. The largest absolute Gasteiger partial charge is 0.497 e. The van der Waals surface area contributed by atoms with Crippen molar-refractivity contribution in [2.45, 2.75) is 18.9 Å². The number of hydrogen-bond acceptors (Lipinski definition) is 4. The molecule has 0 radical (unpaired) electrons. The van der Waals surface area contributed by atoms with Crippen molar-refractivity contribution < 1.29 is 19.4 Å². The highest BCUT2D eigenvalue weighted by molar-refractivity contribution is 9.10. The van der Waals surface area contributed by atoms with Gasteiger partial charge in [0, 0.05) is 13.1 Å². The minimum atomic E-state index is -0.820. The lowest BCUT2D eigenvalue weighted by atomic mass is 10.1. The first-order chi connectivity index (χ1) is 9.38.